The molecule has 1 aliphatic rings. The number of nitrogens with zero attached hydrogens (tertiary/aromatic N) is 2. The first-order valence-electron chi connectivity index (χ1n) is 4.58. The second-order valence-electron chi connectivity index (χ2n) is 3.31. The van der Waals surface area contributed by atoms with E-state index < -0.39 is 0 Å². The van der Waals surface area contributed by atoms with Crippen molar-refractivity contribution in [2.45, 2.75) is 38.6 Å². The lowest BCUT2D eigenvalue weighted by Gasteiger charge is -2.12. The van der Waals surface area contributed by atoms with Crippen LogP contribution in [-0.4, -0.2) is 9.55 Å². The van der Waals surface area contributed by atoms with Gasteiger partial charge in [0.15, 0.2) is 0 Å². The Morgan fingerprint density at radius 1 is 1.25 bits per heavy atom. The third kappa shape index (κ3) is 1.56. The summed E-state index contributed by atoms with van der Waals surface area (Å²) < 4.78 is 3.43. The van der Waals surface area contributed by atoms with E-state index in [-0.39, 0.29) is 0 Å². The maximum absolute atomic E-state index is 4.37. The van der Waals surface area contributed by atoms with Gasteiger partial charge >= 0.3 is 0 Å². The van der Waals surface area contributed by atoms with E-state index >= 15 is 0 Å². The molecule has 1 aliphatic heterocycles. The molecule has 0 saturated carbocycles. The van der Waals surface area contributed by atoms with Crippen LogP contribution in [0.5, 0.6) is 0 Å². The summed E-state index contributed by atoms with van der Waals surface area (Å²) in [4.78, 5) is 4.37. The molecule has 1 aromatic rings. The predicted molar refractivity (Wildman–Crippen MR) is 52.1 cm³/mol. The fraction of sp³-hybridized carbons (Fsp3) is 0.667. The number of halogens is 1. The van der Waals surface area contributed by atoms with Gasteiger partial charge in [0.2, 0.25) is 0 Å². The molecule has 0 saturated heterocycles. The van der Waals surface area contributed by atoms with E-state index in [2.05, 4.69) is 25.5 Å². The maximum Gasteiger partial charge on any atom is 0.109 e. The van der Waals surface area contributed by atoms with Crippen molar-refractivity contribution in [1.82, 2.24) is 9.55 Å². The monoisotopic (exact) mass is 228 g/mol. The van der Waals surface area contributed by atoms with Crippen LogP contribution in [0.15, 0.2) is 10.8 Å². The largest absolute Gasteiger partial charge is 0.323 e. The van der Waals surface area contributed by atoms with Crippen molar-refractivity contribution in [1.29, 1.82) is 0 Å². The highest BCUT2D eigenvalue weighted by molar-refractivity contribution is 9.10. The van der Waals surface area contributed by atoms with Crippen molar-refractivity contribution in [3.8, 4) is 0 Å². The van der Waals surface area contributed by atoms with Gasteiger partial charge in [-0.2, -0.15) is 0 Å². The van der Waals surface area contributed by atoms with Crippen LogP contribution in [0.2, 0.25) is 0 Å². The fourth-order valence-electron chi connectivity index (χ4n) is 1.73. The lowest BCUT2D eigenvalue weighted by molar-refractivity contribution is 0.511. The van der Waals surface area contributed by atoms with Crippen molar-refractivity contribution in [3.05, 3.63) is 16.6 Å². The van der Waals surface area contributed by atoms with Crippen molar-refractivity contribution in [3.63, 3.8) is 0 Å². The number of rotatable bonds is 0. The Hall–Kier alpha value is -0.310. The molecule has 3 heteroatoms. The molecule has 0 aromatic carbocycles. The topological polar surface area (TPSA) is 17.8 Å². The van der Waals surface area contributed by atoms with Gasteiger partial charge in [0, 0.05) is 13.0 Å². The van der Waals surface area contributed by atoms with Crippen LogP contribution in [0, 0.1) is 0 Å². The average molecular weight is 229 g/mol. The third-order valence-corrected chi connectivity index (χ3v) is 3.05. The highest BCUT2D eigenvalue weighted by Gasteiger charge is 2.09. The van der Waals surface area contributed by atoms with Gasteiger partial charge in [-0.25, -0.2) is 4.98 Å². The summed E-state index contributed by atoms with van der Waals surface area (Å²) in [5.74, 6) is 1.25. The second-order valence-corrected chi connectivity index (χ2v) is 4.13. The van der Waals surface area contributed by atoms with E-state index in [1.165, 1.54) is 31.5 Å². The van der Waals surface area contributed by atoms with Crippen LogP contribution >= 0.6 is 15.9 Å². The Kier molecular flexibility index (Phi) is 2.49. The Labute approximate surface area is 81.1 Å². The van der Waals surface area contributed by atoms with Gasteiger partial charge in [0.1, 0.15) is 10.4 Å². The zero-order valence-electron chi connectivity index (χ0n) is 7.09. The molecule has 2 nitrogen and oxygen atoms in total. The minimum atomic E-state index is 1.13. The van der Waals surface area contributed by atoms with E-state index in [9.17, 15) is 0 Å². The quantitative estimate of drug-likeness (QED) is 0.668. The first-order valence-corrected chi connectivity index (χ1v) is 5.37. The van der Waals surface area contributed by atoms with Crippen LogP contribution in [0.3, 0.4) is 0 Å². The summed E-state index contributed by atoms with van der Waals surface area (Å²) in [6.07, 6.45) is 8.38. The van der Waals surface area contributed by atoms with Gasteiger partial charge < -0.3 is 4.57 Å². The van der Waals surface area contributed by atoms with Crippen LogP contribution < -0.4 is 0 Å². The van der Waals surface area contributed by atoms with Gasteiger partial charge in [-0.1, -0.05) is 12.8 Å². The van der Waals surface area contributed by atoms with E-state index in [1.54, 1.807) is 0 Å². The van der Waals surface area contributed by atoms with Crippen LogP contribution in [-0.2, 0) is 13.0 Å². The van der Waals surface area contributed by atoms with Crippen molar-refractivity contribution in [2.24, 2.45) is 0 Å². The highest BCUT2D eigenvalue weighted by Crippen LogP contribution is 2.18. The molecular weight excluding hydrogens is 216 g/mol. The number of aryl methyl sites for hydroxylation is 1. The molecule has 66 valence electrons. The predicted octanol–water partition coefficient (Wildman–Crippen LogP) is 2.76. The molecule has 0 radical (unpaired) electrons. The molecule has 0 unspecified atom stereocenters. The first kappa shape index (κ1) is 8.30. The average Bonchev–Trinajstić information content (AvgIpc) is 2.31. The van der Waals surface area contributed by atoms with Crippen molar-refractivity contribution >= 4 is 15.9 Å². The van der Waals surface area contributed by atoms with Crippen molar-refractivity contribution < 1.29 is 0 Å². The molecule has 1 aromatic heterocycles. The number of imidazole rings is 1. The zero-order valence-corrected chi connectivity index (χ0v) is 8.68. The van der Waals surface area contributed by atoms with Gasteiger partial charge in [-0.3, -0.25) is 0 Å². The van der Waals surface area contributed by atoms with Crippen LogP contribution in [0.1, 0.15) is 31.5 Å². The second kappa shape index (κ2) is 3.60. The van der Waals surface area contributed by atoms with Gasteiger partial charge in [0.05, 0.1) is 6.20 Å². The molecule has 0 spiro atoms. The molecule has 0 N–H and O–H groups in total. The maximum atomic E-state index is 4.37. The minimum Gasteiger partial charge on any atom is -0.323 e. The molecule has 0 atom stereocenters. The summed E-state index contributed by atoms with van der Waals surface area (Å²) in [6.45, 7) is 1.13. The Balaban J connectivity index is 2.26. The molecule has 12 heavy (non-hydrogen) atoms. The van der Waals surface area contributed by atoms with Crippen molar-refractivity contribution in [2.75, 3.05) is 0 Å². The Morgan fingerprint density at radius 2 is 2.08 bits per heavy atom. The number of fused-ring (bicyclic) bond motifs is 1. The fourth-order valence-corrected chi connectivity index (χ4v) is 2.22. The minimum absolute atomic E-state index is 1.13. The van der Waals surface area contributed by atoms with Crippen LogP contribution in [0.25, 0.3) is 0 Å². The van der Waals surface area contributed by atoms with Gasteiger partial charge in [0.25, 0.3) is 0 Å². The van der Waals surface area contributed by atoms with Gasteiger partial charge in [-0.05, 0) is 28.8 Å². The lowest BCUT2D eigenvalue weighted by atomic mass is 10.1. The smallest absolute Gasteiger partial charge is 0.109 e. The van der Waals surface area contributed by atoms with E-state index in [1.807, 2.05) is 6.20 Å². The highest BCUT2D eigenvalue weighted by atomic mass is 79.9. The van der Waals surface area contributed by atoms with E-state index in [4.69, 9.17) is 0 Å². The SMILES string of the molecule is Brc1cnc2n1CCCCCC2. The molecule has 2 rings (SSSR count). The molecule has 2 heterocycles. The summed E-state index contributed by atoms with van der Waals surface area (Å²) in [6, 6.07) is 0. The third-order valence-electron chi connectivity index (χ3n) is 2.42. The molecule has 0 bridgehead atoms. The van der Waals surface area contributed by atoms with E-state index in [0.717, 1.165) is 17.6 Å². The number of aromatic nitrogens is 2. The first-order chi connectivity index (χ1) is 5.88. The summed E-state index contributed by atoms with van der Waals surface area (Å²) in [5.41, 5.74) is 0. The molecule has 0 aliphatic carbocycles. The number of hydrogen-bond acceptors (Lipinski definition) is 1. The normalized spacial score (nSPS) is 18.1. The lowest BCUT2D eigenvalue weighted by Crippen LogP contribution is -2.07. The summed E-state index contributed by atoms with van der Waals surface area (Å²) >= 11 is 3.51. The standard InChI is InChI=1S/C9H13BrN2/c10-8-7-11-9-5-3-1-2-4-6-12(8)9/h7H,1-6H2. The summed E-state index contributed by atoms with van der Waals surface area (Å²) in [5, 5.41) is 0. The number of hydrogen-bond donors (Lipinski definition) is 0. The molecular formula is C9H13BrN2. The Morgan fingerprint density at radius 3 is 3.00 bits per heavy atom. The van der Waals surface area contributed by atoms with Crippen LogP contribution in [0.4, 0.5) is 0 Å². The molecule has 0 amide bonds. The van der Waals surface area contributed by atoms with E-state index in [0.29, 0.717) is 0 Å². The Bertz CT molecular complexity index is 267. The molecule has 0 fully saturated rings. The van der Waals surface area contributed by atoms with Gasteiger partial charge in [-0.15, -0.1) is 0 Å². The summed E-state index contributed by atoms with van der Waals surface area (Å²) in [7, 11) is 0. The zero-order chi connectivity index (χ0) is 8.39.